The molecule has 0 amide bonds. The molecule has 1 aromatic carbocycles. The molecule has 0 radical (unpaired) electrons. The van der Waals surface area contributed by atoms with Gasteiger partial charge >= 0.3 is 5.97 Å². The zero-order valence-electron chi connectivity index (χ0n) is 11.2. The summed E-state index contributed by atoms with van der Waals surface area (Å²) in [7, 11) is 0. The van der Waals surface area contributed by atoms with Gasteiger partial charge in [0.2, 0.25) is 0 Å². The Morgan fingerprint density at radius 2 is 1.83 bits per heavy atom. The Labute approximate surface area is 108 Å². The largest absolute Gasteiger partial charge is 0.480 e. The number of rotatable bonds is 4. The molecule has 0 aromatic heterocycles. The second kappa shape index (κ2) is 4.63. The van der Waals surface area contributed by atoms with Gasteiger partial charge in [0.25, 0.3) is 0 Å². The lowest BCUT2D eigenvalue weighted by Gasteiger charge is -2.20. The molecule has 3 nitrogen and oxygen atoms in total. The third kappa shape index (κ3) is 3.03. The number of carbonyl (C=O) groups is 1. The Morgan fingerprint density at radius 3 is 2.22 bits per heavy atom. The summed E-state index contributed by atoms with van der Waals surface area (Å²) in [5, 5.41) is 12.3. The zero-order valence-corrected chi connectivity index (χ0v) is 11.2. The van der Waals surface area contributed by atoms with Crippen molar-refractivity contribution in [2.45, 2.75) is 45.1 Å². The average molecular weight is 247 g/mol. The maximum absolute atomic E-state index is 11.1. The van der Waals surface area contributed by atoms with Gasteiger partial charge in [0.05, 0.1) is 0 Å². The highest BCUT2D eigenvalue weighted by molar-refractivity contribution is 5.78. The molecule has 0 heterocycles. The van der Waals surface area contributed by atoms with Crippen LogP contribution in [0.4, 0.5) is 5.69 Å². The van der Waals surface area contributed by atoms with Crippen molar-refractivity contribution in [1.29, 1.82) is 0 Å². The van der Waals surface area contributed by atoms with Gasteiger partial charge in [0.1, 0.15) is 6.04 Å². The lowest BCUT2D eigenvalue weighted by atomic mass is 9.87. The van der Waals surface area contributed by atoms with Crippen LogP contribution in [0.25, 0.3) is 0 Å². The number of carboxylic acid groups (broad SMARTS) is 1. The Morgan fingerprint density at radius 1 is 1.28 bits per heavy atom. The molecule has 2 N–H and O–H groups in total. The summed E-state index contributed by atoms with van der Waals surface area (Å²) in [5.41, 5.74) is 2.27. The fourth-order valence-electron chi connectivity index (χ4n) is 2.06. The number of aliphatic carboxylic acids is 1. The molecule has 1 unspecified atom stereocenters. The van der Waals surface area contributed by atoms with Crippen LogP contribution < -0.4 is 5.32 Å². The van der Waals surface area contributed by atoms with Crippen molar-refractivity contribution >= 4 is 11.7 Å². The van der Waals surface area contributed by atoms with Crippen LogP contribution in [-0.2, 0) is 10.2 Å². The molecule has 0 bridgehead atoms. The lowest BCUT2D eigenvalue weighted by Crippen LogP contribution is -2.31. The maximum Gasteiger partial charge on any atom is 0.326 e. The van der Waals surface area contributed by atoms with Gasteiger partial charge in [-0.1, -0.05) is 32.9 Å². The average Bonchev–Trinajstić information content (AvgIpc) is 3.08. The summed E-state index contributed by atoms with van der Waals surface area (Å²) in [5.74, 6) is -0.456. The third-order valence-electron chi connectivity index (χ3n) is 3.43. The van der Waals surface area contributed by atoms with Gasteiger partial charge in [0.15, 0.2) is 0 Å². The Bertz CT molecular complexity index is 427. The molecule has 3 heteroatoms. The van der Waals surface area contributed by atoms with E-state index in [1.54, 1.807) is 0 Å². The van der Waals surface area contributed by atoms with Crippen LogP contribution >= 0.6 is 0 Å². The van der Waals surface area contributed by atoms with Crippen LogP contribution in [0.15, 0.2) is 24.3 Å². The number of benzene rings is 1. The standard InChI is InChI=1S/C15H21NO2/c1-15(2,3)11-6-8-12(9-7-11)16-13(14(17)18)10-4-5-10/h6-10,13,16H,4-5H2,1-3H3,(H,17,18). The SMILES string of the molecule is CC(C)(C)c1ccc(NC(C(=O)O)C2CC2)cc1. The molecule has 2 rings (SSSR count). The van der Waals surface area contributed by atoms with Gasteiger partial charge in [-0.3, -0.25) is 0 Å². The minimum atomic E-state index is -0.752. The van der Waals surface area contributed by atoms with E-state index in [-0.39, 0.29) is 5.41 Å². The smallest absolute Gasteiger partial charge is 0.326 e. The maximum atomic E-state index is 11.1. The summed E-state index contributed by atoms with van der Waals surface area (Å²) in [6, 6.07) is 7.63. The normalized spacial score (nSPS) is 17.3. The Balaban J connectivity index is 2.07. The first-order chi connectivity index (χ1) is 8.38. The van der Waals surface area contributed by atoms with Crippen LogP contribution in [0.2, 0.25) is 0 Å². The van der Waals surface area contributed by atoms with Gasteiger partial charge < -0.3 is 10.4 Å². The highest BCUT2D eigenvalue weighted by atomic mass is 16.4. The fourth-order valence-corrected chi connectivity index (χ4v) is 2.06. The molecule has 1 fully saturated rings. The van der Waals surface area contributed by atoms with Crippen LogP contribution in [0.3, 0.4) is 0 Å². The van der Waals surface area contributed by atoms with E-state index in [4.69, 9.17) is 5.11 Å². The van der Waals surface area contributed by atoms with Crippen LogP contribution in [0.1, 0.15) is 39.2 Å². The monoisotopic (exact) mass is 247 g/mol. The molecule has 0 aliphatic heterocycles. The van der Waals surface area contributed by atoms with E-state index in [2.05, 4.69) is 38.2 Å². The van der Waals surface area contributed by atoms with Gasteiger partial charge in [0, 0.05) is 5.69 Å². The second-order valence-electron chi connectivity index (χ2n) is 6.13. The second-order valence-corrected chi connectivity index (χ2v) is 6.13. The Kier molecular flexibility index (Phi) is 3.33. The molecule has 18 heavy (non-hydrogen) atoms. The van der Waals surface area contributed by atoms with E-state index in [0.717, 1.165) is 18.5 Å². The van der Waals surface area contributed by atoms with E-state index in [1.807, 2.05) is 12.1 Å². The molecular weight excluding hydrogens is 226 g/mol. The first-order valence-corrected chi connectivity index (χ1v) is 6.48. The van der Waals surface area contributed by atoms with Crippen LogP contribution in [0.5, 0.6) is 0 Å². The van der Waals surface area contributed by atoms with Gasteiger partial charge in [-0.25, -0.2) is 4.79 Å². The minimum absolute atomic E-state index is 0.126. The van der Waals surface area contributed by atoms with Crippen molar-refractivity contribution in [3.8, 4) is 0 Å². The van der Waals surface area contributed by atoms with Crippen molar-refractivity contribution in [2.24, 2.45) is 5.92 Å². The highest BCUT2D eigenvalue weighted by Gasteiger charge is 2.36. The number of nitrogens with one attached hydrogen (secondary N) is 1. The Hall–Kier alpha value is -1.51. The first-order valence-electron chi connectivity index (χ1n) is 6.48. The van der Waals surface area contributed by atoms with Gasteiger partial charge in [-0.2, -0.15) is 0 Å². The molecule has 0 spiro atoms. The molecule has 1 aromatic rings. The predicted molar refractivity (Wildman–Crippen MR) is 72.9 cm³/mol. The van der Waals surface area contributed by atoms with E-state index < -0.39 is 12.0 Å². The summed E-state index contributed by atoms with van der Waals surface area (Å²) in [4.78, 5) is 11.1. The molecule has 1 saturated carbocycles. The van der Waals surface area contributed by atoms with Gasteiger partial charge in [-0.15, -0.1) is 0 Å². The van der Waals surface area contributed by atoms with E-state index in [0.29, 0.717) is 5.92 Å². The molecule has 98 valence electrons. The lowest BCUT2D eigenvalue weighted by molar-refractivity contribution is -0.138. The fraction of sp³-hybridized carbons (Fsp3) is 0.533. The summed E-state index contributed by atoms with van der Waals surface area (Å²) >= 11 is 0. The number of hydrogen-bond acceptors (Lipinski definition) is 2. The first kappa shape index (κ1) is 12.9. The predicted octanol–water partition coefficient (Wildman–Crippen LogP) is 3.26. The number of hydrogen-bond donors (Lipinski definition) is 2. The van der Waals surface area contributed by atoms with Crippen molar-refractivity contribution in [3.63, 3.8) is 0 Å². The molecular formula is C15H21NO2. The number of carboxylic acids is 1. The van der Waals surface area contributed by atoms with Gasteiger partial charge in [-0.05, 0) is 41.9 Å². The highest BCUT2D eigenvalue weighted by Crippen LogP contribution is 2.34. The molecule has 1 atom stereocenters. The van der Waals surface area contributed by atoms with Crippen LogP contribution in [0, 0.1) is 5.92 Å². The van der Waals surface area contributed by atoms with E-state index in [1.165, 1.54) is 5.56 Å². The number of anilines is 1. The molecule has 1 aliphatic carbocycles. The van der Waals surface area contributed by atoms with Crippen molar-refractivity contribution < 1.29 is 9.90 Å². The summed E-state index contributed by atoms with van der Waals surface area (Å²) < 4.78 is 0. The summed E-state index contributed by atoms with van der Waals surface area (Å²) in [6.07, 6.45) is 2.04. The summed E-state index contributed by atoms with van der Waals surface area (Å²) in [6.45, 7) is 6.50. The molecule has 1 aliphatic rings. The van der Waals surface area contributed by atoms with Crippen molar-refractivity contribution in [3.05, 3.63) is 29.8 Å². The molecule has 0 saturated heterocycles. The quantitative estimate of drug-likeness (QED) is 0.858. The topological polar surface area (TPSA) is 49.3 Å². The van der Waals surface area contributed by atoms with E-state index >= 15 is 0 Å². The minimum Gasteiger partial charge on any atom is -0.480 e. The van der Waals surface area contributed by atoms with Crippen molar-refractivity contribution in [1.82, 2.24) is 0 Å². The van der Waals surface area contributed by atoms with E-state index in [9.17, 15) is 4.79 Å². The third-order valence-corrected chi connectivity index (χ3v) is 3.43. The van der Waals surface area contributed by atoms with Crippen molar-refractivity contribution in [2.75, 3.05) is 5.32 Å². The van der Waals surface area contributed by atoms with Crippen LogP contribution in [-0.4, -0.2) is 17.1 Å². The zero-order chi connectivity index (χ0) is 13.3.